The van der Waals surface area contributed by atoms with E-state index in [0.717, 1.165) is 5.56 Å². The lowest BCUT2D eigenvalue weighted by Gasteiger charge is -2.13. The normalized spacial score (nSPS) is 12.8. The molecule has 2 aromatic heterocycles. The Labute approximate surface area is 120 Å². The average molecular weight is 289 g/mol. The highest BCUT2D eigenvalue weighted by molar-refractivity contribution is 6.31. The number of fused-ring (bicyclic) bond motifs is 1. The van der Waals surface area contributed by atoms with E-state index in [0.29, 0.717) is 15.9 Å². The van der Waals surface area contributed by atoms with E-state index in [4.69, 9.17) is 11.6 Å². The summed E-state index contributed by atoms with van der Waals surface area (Å²) in [4.78, 5) is 16.9. The zero-order valence-electron chi connectivity index (χ0n) is 11.1. The molecule has 0 N–H and O–H groups in total. The quantitative estimate of drug-likeness (QED) is 0.727. The van der Waals surface area contributed by atoms with Gasteiger partial charge >= 0.3 is 0 Å². The van der Waals surface area contributed by atoms with E-state index in [1.807, 2.05) is 20.2 Å². The zero-order chi connectivity index (χ0) is 14.3. The van der Waals surface area contributed by atoms with Crippen molar-refractivity contribution in [2.75, 3.05) is 0 Å². The topological polar surface area (TPSA) is 52.7 Å². The first-order chi connectivity index (χ1) is 9.56. The Morgan fingerprint density at radius 2 is 2.15 bits per heavy atom. The van der Waals surface area contributed by atoms with E-state index in [1.165, 1.54) is 0 Å². The van der Waals surface area contributed by atoms with Crippen molar-refractivity contribution in [2.24, 2.45) is 7.05 Å². The summed E-state index contributed by atoms with van der Waals surface area (Å²) in [6, 6.07) is 4.99. The van der Waals surface area contributed by atoms with Crippen LogP contribution in [0, 0.1) is 0 Å². The number of aryl methyl sites for hydroxylation is 1. The first-order valence-electron chi connectivity index (χ1n) is 6.21. The second kappa shape index (κ2) is 4.76. The van der Waals surface area contributed by atoms with Crippen LogP contribution in [-0.4, -0.2) is 19.3 Å². The summed E-state index contributed by atoms with van der Waals surface area (Å²) in [5.41, 5.74) is 1.50. The van der Waals surface area contributed by atoms with Crippen molar-refractivity contribution >= 4 is 22.5 Å². The third kappa shape index (κ3) is 2.10. The molecule has 2 heterocycles. The average Bonchev–Trinajstić information content (AvgIpc) is 2.86. The van der Waals surface area contributed by atoms with Crippen LogP contribution in [0.3, 0.4) is 0 Å². The van der Waals surface area contributed by atoms with Crippen LogP contribution in [0.5, 0.6) is 0 Å². The number of benzene rings is 1. The Kier molecular flexibility index (Phi) is 3.06. The number of nitrogens with zero attached hydrogens (tertiary/aromatic N) is 4. The molecule has 1 atom stereocenters. The second-order valence-electron chi connectivity index (χ2n) is 4.74. The molecule has 1 aromatic carbocycles. The highest BCUT2D eigenvalue weighted by atomic mass is 35.5. The third-order valence-electron chi connectivity index (χ3n) is 3.37. The van der Waals surface area contributed by atoms with Gasteiger partial charge in [-0.3, -0.25) is 14.0 Å². The van der Waals surface area contributed by atoms with Crippen LogP contribution < -0.4 is 5.56 Å². The van der Waals surface area contributed by atoms with Crippen molar-refractivity contribution in [1.82, 2.24) is 19.3 Å². The minimum atomic E-state index is -0.132. The van der Waals surface area contributed by atoms with E-state index in [2.05, 4.69) is 10.1 Å². The second-order valence-corrected chi connectivity index (χ2v) is 5.18. The summed E-state index contributed by atoms with van der Waals surface area (Å²) in [6.45, 7) is 1.94. The number of halogens is 1. The first kappa shape index (κ1) is 12.9. The van der Waals surface area contributed by atoms with Gasteiger partial charge in [0, 0.05) is 23.8 Å². The molecule has 1 unspecified atom stereocenters. The Morgan fingerprint density at radius 1 is 1.35 bits per heavy atom. The highest BCUT2D eigenvalue weighted by Gasteiger charge is 2.13. The molecule has 5 nitrogen and oxygen atoms in total. The van der Waals surface area contributed by atoms with Gasteiger partial charge in [0.15, 0.2) is 0 Å². The number of hydrogen-bond acceptors (Lipinski definition) is 3. The summed E-state index contributed by atoms with van der Waals surface area (Å²) in [7, 11) is 1.84. The monoisotopic (exact) mass is 288 g/mol. The molecule has 0 saturated heterocycles. The molecule has 0 radical (unpaired) electrons. The number of hydrogen-bond donors (Lipinski definition) is 0. The number of rotatable bonds is 2. The van der Waals surface area contributed by atoms with Gasteiger partial charge in [-0.1, -0.05) is 11.6 Å². The van der Waals surface area contributed by atoms with Gasteiger partial charge in [-0.05, 0) is 25.1 Å². The molecule has 102 valence electrons. The lowest BCUT2D eigenvalue weighted by molar-refractivity contribution is 0.608. The maximum Gasteiger partial charge on any atom is 0.261 e. The smallest absolute Gasteiger partial charge is 0.261 e. The molecule has 0 aliphatic rings. The number of aromatic nitrogens is 4. The first-order valence-corrected chi connectivity index (χ1v) is 6.59. The van der Waals surface area contributed by atoms with Crippen LogP contribution in [0.4, 0.5) is 0 Å². The molecule has 20 heavy (non-hydrogen) atoms. The molecule has 0 spiro atoms. The molecule has 0 amide bonds. The van der Waals surface area contributed by atoms with Crippen LogP contribution in [0.2, 0.25) is 5.02 Å². The van der Waals surface area contributed by atoms with E-state index in [1.54, 1.807) is 40.0 Å². The fourth-order valence-corrected chi connectivity index (χ4v) is 2.37. The van der Waals surface area contributed by atoms with Crippen LogP contribution >= 0.6 is 11.6 Å². The van der Waals surface area contributed by atoms with Crippen LogP contribution in [0.25, 0.3) is 10.9 Å². The largest absolute Gasteiger partial charge is 0.291 e. The maximum atomic E-state index is 12.5. The van der Waals surface area contributed by atoms with E-state index >= 15 is 0 Å². The van der Waals surface area contributed by atoms with Gasteiger partial charge in [0.2, 0.25) is 0 Å². The van der Waals surface area contributed by atoms with Crippen molar-refractivity contribution < 1.29 is 0 Å². The maximum absolute atomic E-state index is 12.5. The van der Waals surface area contributed by atoms with Gasteiger partial charge in [0.1, 0.15) is 0 Å². The molecule has 0 saturated carbocycles. The fraction of sp³-hybridized carbons (Fsp3) is 0.214. The lowest BCUT2D eigenvalue weighted by atomic mass is 10.2. The molecular weight excluding hydrogens is 276 g/mol. The van der Waals surface area contributed by atoms with Crippen molar-refractivity contribution in [2.45, 2.75) is 13.0 Å². The van der Waals surface area contributed by atoms with Crippen molar-refractivity contribution in [3.05, 3.63) is 57.9 Å². The van der Waals surface area contributed by atoms with E-state index in [9.17, 15) is 4.79 Å². The van der Waals surface area contributed by atoms with Gasteiger partial charge in [-0.25, -0.2) is 4.98 Å². The lowest BCUT2D eigenvalue weighted by Crippen LogP contribution is -2.24. The molecule has 0 aliphatic carbocycles. The Bertz CT molecular complexity index is 837. The van der Waals surface area contributed by atoms with E-state index in [-0.39, 0.29) is 11.6 Å². The summed E-state index contributed by atoms with van der Waals surface area (Å²) in [6.07, 6.45) is 5.20. The molecule has 0 fully saturated rings. The van der Waals surface area contributed by atoms with Crippen LogP contribution in [-0.2, 0) is 7.05 Å². The Balaban J connectivity index is 2.17. The van der Waals surface area contributed by atoms with Crippen LogP contribution in [0.1, 0.15) is 18.5 Å². The third-order valence-corrected chi connectivity index (χ3v) is 3.60. The molecule has 0 bridgehead atoms. The summed E-state index contributed by atoms with van der Waals surface area (Å²) < 4.78 is 3.30. The van der Waals surface area contributed by atoms with Crippen molar-refractivity contribution in [3.8, 4) is 0 Å². The summed E-state index contributed by atoms with van der Waals surface area (Å²) >= 11 is 5.95. The Morgan fingerprint density at radius 3 is 2.85 bits per heavy atom. The molecule has 3 aromatic rings. The molecule has 3 rings (SSSR count). The summed E-state index contributed by atoms with van der Waals surface area (Å²) in [5.74, 6) is 0. The minimum Gasteiger partial charge on any atom is -0.291 e. The molecule has 6 heteroatoms. The van der Waals surface area contributed by atoms with Gasteiger partial charge in [0.05, 0.1) is 29.5 Å². The van der Waals surface area contributed by atoms with Gasteiger partial charge in [-0.15, -0.1) is 0 Å². The van der Waals surface area contributed by atoms with Gasteiger partial charge < -0.3 is 0 Å². The highest BCUT2D eigenvalue weighted by Crippen LogP contribution is 2.18. The summed E-state index contributed by atoms with van der Waals surface area (Å²) in [5, 5.41) is 5.18. The van der Waals surface area contributed by atoms with Crippen LogP contribution in [0.15, 0.2) is 41.7 Å². The van der Waals surface area contributed by atoms with E-state index < -0.39 is 0 Å². The Hall–Kier alpha value is -2.14. The fourth-order valence-electron chi connectivity index (χ4n) is 2.20. The SMILES string of the molecule is CC(c1cnn(C)c1)n1cnc2ccc(Cl)cc2c1=O. The van der Waals surface area contributed by atoms with Gasteiger partial charge in [0.25, 0.3) is 5.56 Å². The van der Waals surface area contributed by atoms with Crippen molar-refractivity contribution in [1.29, 1.82) is 0 Å². The zero-order valence-corrected chi connectivity index (χ0v) is 11.9. The standard InChI is InChI=1S/C14H13ClN4O/c1-9(10-6-17-18(2)7-10)19-8-16-13-4-3-11(15)5-12(13)14(19)20/h3-9H,1-2H3. The van der Waals surface area contributed by atoms with Crippen molar-refractivity contribution in [3.63, 3.8) is 0 Å². The minimum absolute atomic E-state index is 0.103. The predicted molar refractivity (Wildman–Crippen MR) is 78.0 cm³/mol. The molecular formula is C14H13ClN4O. The molecule has 0 aliphatic heterocycles. The predicted octanol–water partition coefficient (Wildman–Crippen LogP) is 2.39. The van der Waals surface area contributed by atoms with Gasteiger partial charge in [-0.2, -0.15) is 5.10 Å².